The van der Waals surface area contributed by atoms with E-state index in [4.69, 9.17) is 5.11 Å². The van der Waals surface area contributed by atoms with Crippen molar-refractivity contribution in [2.45, 2.75) is 19.0 Å². The first-order chi connectivity index (χ1) is 12.2. The monoisotopic (exact) mass is 363 g/mol. The Morgan fingerprint density at radius 2 is 1.81 bits per heavy atom. The highest BCUT2D eigenvalue weighted by Gasteiger charge is 2.47. The number of carbonyl (C=O) groups excluding carboxylic acids is 1. The van der Waals surface area contributed by atoms with Crippen LogP contribution in [0.3, 0.4) is 0 Å². The van der Waals surface area contributed by atoms with Crippen LogP contribution in [0.1, 0.15) is 22.3 Å². The van der Waals surface area contributed by atoms with Gasteiger partial charge in [0, 0.05) is 24.1 Å². The predicted molar refractivity (Wildman–Crippen MR) is 88.5 cm³/mol. The molecule has 3 rings (SSSR count). The lowest BCUT2D eigenvalue weighted by molar-refractivity contribution is -0.149. The summed E-state index contributed by atoms with van der Waals surface area (Å²) in [6, 6.07) is 7.78. The van der Waals surface area contributed by atoms with E-state index in [2.05, 4.69) is 0 Å². The van der Waals surface area contributed by atoms with E-state index in [1.54, 1.807) is 6.92 Å². The molecule has 0 saturated carbocycles. The van der Waals surface area contributed by atoms with Gasteiger partial charge in [0.25, 0.3) is 5.91 Å². The first-order valence-electron chi connectivity index (χ1n) is 7.99. The quantitative estimate of drug-likeness (QED) is 0.907. The van der Waals surface area contributed by atoms with Gasteiger partial charge in [-0.1, -0.05) is 12.1 Å². The smallest absolute Gasteiger partial charge is 0.343 e. The minimum atomic E-state index is -2.47. The molecule has 1 heterocycles. The Kier molecular flexibility index (Phi) is 4.48. The van der Waals surface area contributed by atoms with E-state index in [1.165, 1.54) is 30.3 Å². The van der Waals surface area contributed by atoms with E-state index in [1.807, 2.05) is 0 Å². The lowest BCUT2D eigenvalue weighted by atomic mass is 9.98. The molecule has 2 aromatic carbocycles. The summed E-state index contributed by atoms with van der Waals surface area (Å²) >= 11 is 0. The molecule has 0 spiro atoms. The molecule has 2 aromatic rings. The number of carboxylic acid groups (broad SMARTS) is 1. The van der Waals surface area contributed by atoms with Crippen LogP contribution in [-0.4, -0.2) is 40.6 Å². The third kappa shape index (κ3) is 3.16. The second-order valence-corrected chi connectivity index (χ2v) is 6.40. The van der Waals surface area contributed by atoms with E-state index in [0.29, 0.717) is 11.1 Å². The number of benzene rings is 2. The van der Waals surface area contributed by atoms with Crippen molar-refractivity contribution in [3.63, 3.8) is 0 Å². The maximum absolute atomic E-state index is 14.5. The number of carbonyl (C=O) groups is 2. The Hall–Kier alpha value is -2.83. The minimum Gasteiger partial charge on any atom is -0.479 e. The number of halogens is 3. The summed E-state index contributed by atoms with van der Waals surface area (Å²) in [4.78, 5) is 24.4. The van der Waals surface area contributed by atoms with E-state index >= 15 is 0 Å². The molecule has 1 atom stereocenters. The van der Waals surface area contributed by atoms with E-state index in [0.717, 1.165) is 11.0 Å². The van der Waals surface area contributed by atoms with Crippen molar-refractivity contribution >= 4 is 11.9 Å². The van der Waals surface area contributed by atoms with Gasteiger partial charge in [-0.15, -0.1) is 0 Å². The van der Waals surface area contributed by atoms with Crippen molar-refractivity contribution in [3.8, 4) is 11.1 Å². The SMILES string of the molecule is Cc1cc(F)ccc1-c1ccc(C(=O)N2CCC(F)(C(=O)O)C2)cc1F. The second-order valence-electron chi connectivity index (χ2n) is 6.40. The van der Waals surface area contributed by atoms with Crippen LogP contribution in [0, 0.1) is 18.6 Å². The number of hydrogen-bond acceptors (Lipinski definition) is 2. The lowest BCUT2D eigenvalue weighted by Gasteiger charge is -2.18. The summed E-state index contributed by atoms with van der Waals surface area (Å²) in [6.45, 7) is 1.03. The topological polar surface area (TPSA) is 57.6 Å². The molecule has 1 amide bonds. The largest absolute Gasteiger partial charge is 0.479 e. The van der Waals surface area contributed by atoms with E-state index in [-0.39, 0.29) is 24.1 Å². The second kappa shape index (κ2) is 6.48. The van der Waals surface area contributed by atoms with Gasteiger partial charge in [-0.2, -0.15) is 0 Å². The number of rotatable bonds is 3. The van der Waals surface area contributed by atoms with Gasteiger partial charge in [0.1, 0.15) is 11.6 Å². The van der Waals surface area contributed by atoms with Crippen LogP contribution in [0.25, 0.3) is 11.1 Å². The fourth-order valence-corrected chi connectivity index (χ4v) is 3.10. The van der Waals surface area contributed by atoms with Crippen LogP contribution in [0.5, 0.6) is 0 Å². The van der Waals surface area contributed by atoms with Crippen LogP contribution >= 0.6 is 0 Å². The molecule has 1 saturated heterocycles. The molecule has 0 bridgehead atoms. The molecule has 136 valence electrons. The van der Waals surface area contributed by atoms with Crippen molar-refractivity contribution in [1.29, 1.82) is 0 Å². The Morgan fingerprint density at radius 3 is 2.38 bits per heavy atom. The maximum atomic E-state index is 14.5. The van der Waals surface area contributed by atoms with E-state index < -0.39 is 35.7 Å². The Balaban J connectivity index is 1.86. The average molecular weight is 363 g/mol. The summed E-state index contributed by atoms with van der Waals surface area (Å²) in [5.74, 6) is -3.34. The van der Waals surface area contributed by atoms with Gasteiger partial charge < -0.3 is 10.0 Å². The molecule has 7 heteroatoms. The molecule has 0 aliphatic carbocycles. The van der Waals surface area contributed by atoms with Gasteiger partial charge in [-0.05, 0) is 42.3 Å². The molecular weight excluding hydrogens is 347 g/mol. The fraction of sp³-hybridized carbons (Fsp3) is 0.263. The first-order valence-corrected chi connectivity index (χ1v) is 7.99. The number of carboxylic acids is 1. The summed E-state index contributed by atoms with van der Waals surface area (Å²) in [5, 5.41) is 8.90. The Morgan fingerprint density at radius 1 is 1.12 bits per heavy atom. The number of aryl methyl sites for hydroxylation is 1. The molecule has 1 aliphatic heterocycles. The highest BCUT2D eigenvalue weighted by molar-refractivity contribution is 5.96. The van der Waals surface area contributed by atoms with Gasteiger partial charge in [0.15, 0.2) is 0 Å². The van der Waals surface area contributed by atoms with Crippen molar-refractivity contribution < 1.29 is 27.9 Å². The zero-order chi connectivity index (χ0) is 19.1. The third-order valence-corrected chi connectivity index (χ3v) is 4.58. The molecule has 1 N–H and O–H groups in total. The highest BCUT2D eigenvalue weighted by atomic mass is 19.1. The van der Waals surface area contributed by atoms with Gasteiger partial charge in [0.05, 0.1) is 6.54 Å². The molecule has 26 heavy (non-hydrogen) atoms. The summed E-state index contributed by atoms with van der Waals surface area (Å²) in [5.41, 5.74) is -1.21. The molecule has 4 nitrogen and oxygen atoms in total. The lowest BCUT2D eigenvalue weighted by Crippen LogP contribution is -2.38. The fourth-order valence-electron chi connectivity index (χ4n) is 3.10. The summed E-state index contributed by atoms with van der Waals surface area (Å²) in [6.07, 6.45) is -0.302. The molecule has 0 radical (unpaired) electrons. The number of hydrogen-bond donors (Lipinski definition) is 1. The molecule has 0 aromatic heterocycles. The highest BCUT2D eigenvalue weighted by Crippen LogP contribution is 2.30. The number of nitrogens with zero attached hydrogens (tertiary/aromatic N) is 1. The van der Waals surface area contributed by atoms with Crippen LogP contribution in [0.4, 0.5) is 13.2 Å². The molecule has 1 fully saturated rings. The summed E-state index contributed by atoms with van der Waals surface area (Å²) in [7, 11) is 0. The van der Waals surface area contributed by atoms with Crippen LogP contribution in [0.15, 0.2) is 36.4 Å². The van der Waals surface area contributed by atoms with Gasteiger partial charge in [-0.3, -0.25) is 4.79 Å². The Bertz CT molecular complexity index is 900. The van der Waals surface area contributed by atoms with Crippen molar-refractivity contribution in [3.05, 3.63) is 59.2 Å². The Labute approximate surface area is 147 Å². The molecule has 1 aliphatic rings. The summed E-state index contributed by atoms with van der Waals surface area (Å²) < 4.78 is 41.8. The van der Waals surface area contributed by atoms with Gasteiger partial charge in [-0.25, -0.2) is 18.0 Å². The number of amides is 1. The van der Waals surface area contributed by atoms with Gasteiger partial charge >= 0.3 is 5.97 Å². The normalized spacial score (nSPS) is 19.6. The zero-order valence-corrected chi connectivity index (χ0v) is 13.9. The zero-order valence-electron chi connectivity index (χ0n) is 13.9. The minimum absolute atomic E-state index is 0.000605. The first kappa shape index (κ1) is 18.0. The van der Waals surface area contributed by atoms with Crippen LogP contribution in [0.2, 0.25) is 0 Å². The van der Waals surface area contributed by atoms with Crippen LogP contribution < -0.4 is 0 Å². The van der Waals surface area contributed by atoms with Crippen molar-refractivity contribution in [2.75, 3.05) is 13.1 Å². The van der Waals surface area contributed by atoms with E-state index in [9.17, 15) is 22.8 Å². The molecule has 1 unspecified atom stereocenters. The number of likely N-dealkylation sites (tertiary alicyclic amines) is 1. The van der Waals surface area contributed by atoms with Crippen LogP contribution in [-0.2, 0) is 4.79 Å². The predicted octanol–water partition coefficient (Wildman–Crippen LogP) is 3.58. The average Bonchev–Trinajstić information content (AvgIpc) is 2.99. The third-order valence-electron chi connectivity index (χ3n) is 4.58. The molecular formula is C19H16F3NO3. The van der Waals surface area contributed by atoms with Gasteiger partial charge in [0.2, 0.25) is 5.67 Å². The van der Waals surface area contributed by atoms with Crippen molar-refractivity contribution in [2.24, 2.45) is 0 Å². The maximum Gasteiger partial charge on any atom is 0.343 e. The van der Waals surface area contributed by atoms with Crippen molar-refractivity contribution in [1.82, 2.24) is 4.90 Å². The standard InChI is InChI=1S/C19H16F3NO3/c1-11-8-13(20)3-5-14(11)15-4-2-12(9-16(15)21)17(24)23-7-6-19(22,10-23)18(25)26/h2-5,8-9H,6-7,10H2,1H3,(H,25,26). The number of aliphatic carboxylic acids is 1. The number of alkyl halides is 1.